The molecule has 0 bridgehead atoms. The third-order valence-corrected chi connectivity index (χ3v) is 14.9. The topological polar surface area (TPSA) is 178 Å². The van der Waals surface area contributed by atoms with Crippen LogP contribution in [0.5, 0.6) is 11.5 Å². The second kappa shape index (κ2) is 19.9. The van der Waals surface area contributed by atoms with E-state index in [1.165, 1.54) is 13.1 Å². The number of aldehydes is 1. The third-order valence-electron chi connectivity index (χ3n) is 14.9. The van der Waals surface area contributed by atoms with Crippen LogP contribution in [-0.2, 0) is 9.59 Å². The number of hydrogen-bond donors (Lipinski definition) is 2. The van der Waals surface area contributed by atoms with Crippen molar-refractivity contribution in [2.75, 3.05) is 58.8 Å². The minimum atomic E-state index is -1.09. The molecule has 16 heteroatoms. The molecule has 4 aliphatic rings. The average molecular weight is 943 g/mol. The summed E-state index contributed by atoms with van der Waals surface area (Å²) in [7, 11) is 5.55. The highest BCUT2D eigenvalue weighted by molar-refractivity contribution is 6.23. The van der Waals surface area contributed by atoms with Crippen LogP contribution >= 0.6 is 0 Å². The molecular formula is C53H63FN8O7. The van der Waals surface area contributed by atoms with Crippen molar-refractivity contribution in [2.45, 2.75) is 96.6 Å². The van der Waals surface area contributed by atoms with Gasteiger partial charge in [-0.2, -0.15) is 5.26 Å². The van der Waals surface area contributed by atoms with Gasteiger partial charge in [0.05, 0.1) is 27.9 Å². The van der Waals surface area contributed by atoms with Crippen LogP contribution in [0.4, 0.5) is 10.1 Å². The molecule has 3 heterocycles. The molecule has 2 N–H and O–H groups in total. The minimum Gasteiger partial charge on any atom is -0.490 e. The average Bonchev–Trinajstić information content (AvgIpc) is 3.56. The van der Waals surface area contributed by atoms with Crippen LogP contribution in [0.15, 0.2) is 66.9 Å². The van der Waals surface area contributed by atoms with Crippen molar-refractivity contribution in [2.24, 2.45) is 16.7 Å². The molecule has 3 aromatic carbocycles. The number of benzene rings is 3. The quantitative estimate of drug-likeness (QED) is 0.0850. The standard InChI is InChI=1S/C53H63FN8O7/c1-52(2)50(53(3,4)51(52)69-44-17-13-34(30-55)45-39(44)10-8-20-57-45)58-46(64)33-12-16-42(41(54)26-33)60-21-18-32(19-22-60)31-61(24-23-59(6)7)35-27-37(28-35)68-36-14-15-38-40(29-36)49(67)62(48(38)66)43(11-9-25-63)47(65)56-5/h8,10,12-17,20,25-26,29,32,35,37,43,50-51H,9,11,18-19,21-24,27-28,31H2,1-7H3,(H,56,65)(H,58,64). The van der Waals surface area contributed by atoms with Crippen molar-refractivity contribution in [3.8, 4) is 17.6 Å². The zero-order valence-electron chi connectivity index (χ0n) is 40.6. The number of nitrogens with one attached hydrogen (secondary N) is 2. The van der Waals surface area contributed by atoms with Crippen molar-refractivity contribution in [3.63, 3.8) is 0 Å². The number of amides is 4. The van der Waals surface area contributed by atoms with Crippen LogP contribution in [0.3, 0.4) is 0 Å². The zero-order chi connectivity index (χ0) is 49.4. The minimum absolute atomic E-state index is 0.0322. The number of halogens is 1. The first-order valence-electron chi connectivity index (χ1n) is 24.0. The summed E-state index contributed by atoms with van der Waals surface area (Å²) < 4.78 is 28.9. The first-order valence-corrected chi connectivity index (χ1v) is 24.0. The number of fused-ring (bicyclic) bond motifs is 2. The number of rotatable bonds is 18. The fourth-order valence-electron chi connectivity index (χ4n) is 11.3. The van der Waals surface area contributed by atoms with Crippen molar-refractivity contribution >= 4 is 46.5 Å². The lowest BCUT2D eigenvalue weighted by Gasteiger charge is -2.63. The summed E-state index contributed by atoms with van der Waals surface area (Å²) in [5.41, 5.74) is 1.25. The summed E-state index contributed by atoms with van der Waals surface area (Å²) in [6.07, 6.45) is 5.43. The Hall–Kier alpha value is -6.44. The van der Waals surface area contributed by atoms with Gasteiger partial charge in [0.2, 0.25) is 5.91 Å². The first kappa shape index (κ1) is 49.0. The second-order valence-electron chi connectivity index (χ2n) is 20.5. The van der Waals surface area contributed by atoms with E-state index in [1.54, 1.807) is 48.7 Å². The van der Waals surface area contributed by atoms with E-state index in [0.29, 0.717) is 59.6 Å². The highest BCUT2D eigenvalue weighted by atomic mass is 19.1. The molecule has 4 aromatic rings. The fourth-order valence-corrected chi connectivity index (χ4v) is 11.3. The van der Waals surface area contributed by atoms with Gasteiger partial charge in [-0.1, -0.05) is 27.7 Å². The lowest BCUT2D eigenvalue weighted by molar-refractivity contribution is -0.163. The SMILES string of the molecule is CNC(=O)C(CCC=O)N1C(=O)c2ccc(OC3CC(N(CCN(C)C)CC4CCN(c5ccc(C(=O)NC6C(C)(C)C(Oc7ccc(C#N)c8ncccc78)C6(C)C)cc5F)CC4)C3)cc2C1=O. The Bertz CT molecular complexity index is 2650. The Kier molecular flexibility index (Phi) is 14.1. The number of nitriles is 1. The Balaban J connectivity index is 0.835. The molecule has 2 aliphatic carbocycles. The van der Waals surface area contributed by atoms with E-state index < -0.39 is 40.4 Å². The predicted octanol–water partition coefficient (Wildman–Crippen LogP) is 6.24. The highest BCUT2D eigenvalue weighted by Crippen LogP contribution is 2.56. The number of nitrogens with zero attached hydrogens (tertiary/aromatic N) is 6. The van der Waals surface area contributed by atoms with E-state index in [4.69, 9.17) is 9.47 Å². The number of piperidine rings is 1. The molecule has 0 spiro atoms. The maximum Gasteiger partial charge on any atom is 0.262 e. The van der Waals surface area contributed by atoms with Crippen LogP contribution in [0.25, 0.3) is 10.9 Å². The molecule has 69 heavy (non-hydrogen) atoms. The number of imide groups is 1. The molecule has 8 rings (SSSR count). The number of hydrogen-bond acceptors (Lipinski definition) is 12. The molecular weight excluding hydrogens is 880 g/mol. The van der Waals surface area contributed by atoms with Crippen LogP contribution in [0.1, 0.15) is 103 Å². The number of carbonyl (C=O) groups excluding carboxylic acids is 5. The van der Waals surface area contributed by atoms with Gasteiger partial charge in [-0.05, 0) is 99.9 Å². The number of ether oxygens (including phenoxy) is 2. The van der Waals surface area contributed by atoms with Crippen molar-refractivity contribution in [1.29, 1.82) is 5.26 Å². The number of likely N-dealkylation sites (N-methyl/N-ethyl adjacent to an activating group) is 2. The highest BCUT2D eigenvalue weighted by Gasteiger charge is 2.64. The number of carbonyl (C=O) groups is 5. The van der Waals surface area contributed by atoms with E-state index in [-0.39, 0.29) is 53.7 Å². The Labute approximate surface area is 403 Å². The monoisotopic (exact) mass is 942 g/mol. The number of aromatic nitrogens is 1. The van der Waals surface area contributed by atoms with Crippen molar-refractivity contribution in [1.82, 2.24) is 30.3 Å². The van der Waals surface area contributed by atoms with Crippen LogP contribution in [0.2, 0.25) is 0 Å². The van der Waals surface area contributed by atoms with E-state index in [9.17, 15) is 29.2 Å². The van der Waals surface area contributed by atoms with Gasteiger partial charge < -0.3 is 34.7 Å². The summed E-state index contributed by atoms with van der Waals surface area (Å²) in [4.78, 5) is 76.3. The van der Waals surface area contributed by atoms with Crippen LogP contribution in [0, 0.1) is 33.9 Å². The normalized spacial score (nSPS) is 22.1. The first-order chi connectivity index (χ1) is 33.0. The zero-order valence-corrected chi connectivity index (χ0v) is 40.6. The van der Waals surface area contributed by atoms with Gasteiger partial charge >= 0.3 is 0 Å². The molecule has 364 valence electrons. The van der Waals surface area contributed by atoms with E-state index in [0.717, 1.165) is 55.6 Å². The van der Waals surface area contributed by atoms with Crippen molar-refractivity contribution in [3.05, 3.63) is 94.9 Å². The van der Waals surface area contributed by atoms with Gasteiger partial charge in [0.15, 0.2) is 0 Å². The molecule has 2 saturated carbocycles. The smallest absolute Gasteiger partial charge is 0.262 e. The largest absolute Gasteiger partial charge is 0.490 e. The summed E-state index contributed by atoms with van der Waals surface area (Å²) in [5.74, 6) is -0.899. The number of anilines is 1. The molecule has 3 fully saturated rings. The summed E-state index contributed by atoms with van der Waals surface area (Å²) in [6, 6.07) is 18.0. The summed E-state index contributed by atoms with van der Waals surface area (Å²) >= 11 is 0. The molecule has 1 unspecified atom stereocenters. The summed E-state index contributed by atoms with van der Waals surface area (Å²) in [5, 5.41) is 16.0. The Morgan fingerprint density at radius 1 is 0.971 bits per heavy atom. The predicted molar refractivity (Wildman–Crippen MR) is 259 cm³/mol. The van der Waals surface area contributed by atoms with Crippen molar-refractivity contribution < 1.29 is 37.8 Å². The van der Waals surface area contributed by atoms with Gasteiger partial charge in [-0.15, -0.1) is 0 Å². The van der Waals surface area contributed by atoms with E-state index in [1.807, 2.05) is 12.1 Å². The Morgan fingerprint density at radius 3 is 2.36 bits per heavy atom. The van der Waals surface area contributed by atoms with Crippen LogP contribution in [-0.4, -0.2) is 134 Å². The van der Waals surface area contributed by atoms with Gasteiger partial charge in [0, 0.05) is 99.1 Å². The van der Waals surface area contributed by atoms with Gasteiger partial charge in [0.1, 0.15) is 47.9 Å². The fraction of sp³-hybridized carbons (Fsp3) is 0.491. The molecule has 1 atom stereocenters. The number of pyridine rings is 1. The van der Waals surface area contributed by atoms with Crippen LogP contribution < -0.4 is 25.0 Å². The van der Waals surface area contributed by atoms with Gasteiger partial charge in [-0.3, -0.25) is 34.0 Å². The summed E-state index contributed by atoms with van der Waals surface area (Å²) in [6.45, 7) is 12.3. The van der Waals surface area contributed by atoms with Gasteiger partial charge in [-0.25, -0.2) is 4.39 Å². The third kappa shape index (κ3) is 9.63. The molecule has 2 aliphatic heterocycles. The second-order valence-corrected chi connectivity index (χ2v) is 20.5. The molecule has 4 amide bonds. The maximum atomic E-state index is 15.9. The molecule has 15 nitrogen and oxygen atoms in total. The molecule has 0 radical (unpaired) electrons. The van der Waals surface area contributed by atoms with Gasteiger partial charge in [0.25, 0.3) is 17.7 Å². The Morgan fingerprint density at radius 2 is 1.70 bits per heavy atom. The van der Waals surface area contributed by atoms with E-state index in [2.05, 4.69) is 78.2 Å². The lowest BCUT2D eigenvalue weighted by atomic mass is 9.49. The van der Waals surface area contributed by atoms with E-state index >= 15 is 4.39 Å². The molecule has 1 aromatic heterocycles. The maximum absolute atomic E-state index is 15.9. The lowest BCUT2D eigenvalue weighted by Crippen LogP contribution is -2.74. The molecule has 1 saturated heterocycles.